The Balaban J connectivity index is 1.78. The van der Waals surface area contributed by atoms with E-state index in [2.05, 4.69) is 27.1 Å². The molecule has 5 nitrogen and oxygen atoms in total. The van der Waals surface area contributed by atoms with E-state index in [1.165, 1.54) is 12.3 Å². The number of carbonyl (C=O) groups is 1. The normalized spacial score (nSPS) is 15.7. The number of anilines is 1. The number of rotatable bonds is 4. The minimum Gasteiger partial charge on any atom is -0.322 e. The average Bonchev–Trinajstić information content (AvgIpc) is 2.63. The van der Waals surface area contributed by atoms with Crippen LogP contribution in [-0.4, -0.2) is 53.9 Å². The van der Waals surface area contributed by atoms with Gasteiger partial charge in [-0.1, -0.05) is 11.6 Å². The molecule has 0 bridgehead atoms. The van der Waals surface area contributed by atoms with Crippen LogP contribution in [0.25, 0.3) is 0 Å². The molecule has 3 rings (SSSR count). The highest BCUT2D eigenvalue weighted by atomic mass is 35.5. The molecule has 0 radical (unpaired) electrons. The van der Waals surface area contributed by atoms with Gasteiger partial charge in [0.1, 0.15) is 5.82 Å². The van der Waals surface area contributed by atoms with E-state index in [-0.39, 0.29) is 11.7 Å². The van der Waals surface area contributed by atoms with Crippen LogP contribution in [-0.2, 0) is 6.54 Å². The summed E-state index contributed by atoms with van der Waals surface area (Å²) in [7, 11) is 2.10. The molecular formula is C20H24ClFN4O. The Bertz CT molecular complexity index is 850. The molecule has 1 N–H and O–H groups in total. The van der Waals surface area contributed by atoms with Crippen molar-refractivity contribution in [1.82, 2.24) is 14.8 Å². The second-order valence-electron chi connectivity index (χ2n) is 7.06. The fourth-order valence-electron chi connectivity index (χ4n) is 3.10. The van der Waals surface area contributed by atoms with Crippen LogP contribution in [0.15, 0.2) is 24.4 Å². The third-order valence-corrected chi connectivity index (χ3v) is 5.39. The quantitative estimate of drug-likeness (QED) is 0.868. The molecule has 0 saturated carbocycles. The Hall–Kier alpha value is -2.02. The fraction of sp³-hybridized carbons (Fsp3) is 0.400. The number of likely N-dealkylation sites (N-methyl/N-ethyl adjacent to an activating group) is 1. The lowest BCUT2D eigenvalue weighted by Crippen LogP contribution is -2.44. The van der Waals surface area contributed by atoms with Crippen molar-refractivity contribution in [3.05, 3.63) is 57.6 Å². The molecule has 1 aromatic carbocycles. The van der Waals surface area contributed by atoms with E-state index in [1.54, 1.807) is 19.1 Å². The lowest BCUT2D eigenvalue weighted by molar-refractivity contribution is 0.102. The second-order valence-corrected chi connectivity index (χ2v) is 7.47. The van der Waals surface area contributed by atoms with Crippen LogP contribution >= 0.6 is 11.6 Å². The van der Waals surface area contributed by atoms with Crippen molar-refractivity contribution in [1.29, 1.82) is 0 Å². The summed E-state index contributed by atoms with van der Waals surface area (Å²) in [5.41, 5.74) is 3.23. The second kappa shape index (κ2) is 8.33. The van der Waals surface area contributed by atoms with E-state index in [4.69, 9.17) is 11.6 Å². The van der Waals surface area contributed by atoms with Gasteiger partial charge in [0.15, 0.2) is 0 Å². The molecule has 1 amide bonds. The number of amides is 1. The first-order valence-electron chi connectivity index (χ1n) is 8.97. The molecule has 2 heterocycles. The average molecular weight is 391 g/mol. The zero-order valence-corrected chi connectivity index (χ0v) is 16.6. The number of halogens is 2. The Kier molecular flexibility index (Phi) is 6.09. The summed E-state index contributed by atoms with van der Waals surface area (Å²) in [5.74, 6) is -0.719. The summed E-state index contributed by atoms with van der Waals surface area (Å²) in [6.45, 7) is 8.23. The maximum atomic E-state index is 14.2. The van der Waals surface area contributed by atoms with Crippen LogP contribution in [0.2, 0.25) is 5.02 Å². The zero-order valence-electron chi connectivity index (χ0n) is 15.9. The molecule has 144 valence electrons. The maximum absolute atomic E-state index is 14.2. The standard InChI is InChI=1S/C20H24ClFN4O/c1-13-16(12-26-6-4-25(3)5-7-26)8-17(22)10-19(13)24-20(27)15-9-18(21)14(2)23-11-15/h8-11H,4-7,12H2,1-3H3,(H,24,27). The van der Waals surface area contributed by atoms with Crippen LogP contribution in [0, 0.1) is 19.7 Å². The van der Waals surface area contributed by atoms with Crippen molar-refractivity contribution < 1.29 is 9.18 Å². The number of benzene rings is 1. The molecule has 1 aliphatic rings. The first-order chi connectivity index (χ1) is 12.8. The summed E-state index contributed by atoms with van der Waals surface area (Å²) in [6.07, 6.45) is 1.47. The lowest BCUT2D eigenvalue weighted by atomic mass is 10.0. The number of piperazine rings is 1. The minimum atomic E-state index is -0.361. The summed E-state index contributed by atoms with van der Waals surface area (Å²) < 4.78 is 14.2. The zero-order chi connectivity index (χ0) is 19.6. The molecule has 1 aliphatic heterocycles. The number of pyridine rings is 1. The molecule has 7 heteroatoms. The number of nitrogens with zero attached hydrogens (tertiary/aromatic N) is 3. The van der Waals surface area contributed by atoms with Crippen molar-refractivity contribution in [3.63, 3.8) is 0 Å². The molecule has 1 saturated heterocycles. The minimum absolute atomic E-state index is 0.342. The van der Waals surface area contributed by atoms with Gasteiger partial charge in [0.25, 0.3) is 5.91 Å². The number of aryl methyl sites for hydroxylation is 1. The van der Waals surface area contributed by atoms with Crippen LogP contribution in [0.1, 0.15) is 27.2 Å². The van der Waals surface area contributed by atoms with Crippen LogP contribution < -0.4 is 5.32 Å². The lowest BCUT2D eigenvalue weighted by Gasteiger charge is -2.32. The monoisotopic (exact) mass is 390 g/mol. The fourth-order valence-corrected chi connectivity index (χ4v) is 3.27. The van der Waals surface area contributed by atoms with Gasteiger partial charge in [-0.15, -0.1) is 0 Å². The number of aromatic nitrogens is 1. The van der Waals surface area contributed by atoms with Gasteiger partial charge >= 0.3 is 0 Å². The van der Waals surface area contributed by atoms with Crippen LogP contribution in [0.4, 0.5) is 10.1 Å². The van der Waals surface area contributed by atoms with Gasteiger partial charge in [0.05, 0.1) is 16.3 Å². The van der Waals surface area contributed by atoms with Crippen molar-refractivity contribution >= 4 is 23.2 Å². The molecule has 27 heavy (non-hydrogen) atoms. The van der Waals surface area contributed by atoms with E-state index in [0.717, 1.165) is 37.3 Å². The van der Waals surface area contributed by atoms with Gasteiger partial charge in [-0.25, -0.2) is 4.39 Å². The summed E-state index contributed by atoms with van der Waals surface area (Å²) >= 11 is 6.05. The molecule has 1 fully saturated rings. The van der Waals surface area contributed by atoms with E-state index in [1.807, 2.05) is 6.92 Å². The van der Waals surface area contributed by atoms with E-state index >= 15 is 0 Å². The van der Waals surface area contributed by atoms with Gasteiger partial charge in [0, 0.05) is 44.6 Å². The van der Waals surface area contributed by atoms with Crippen molar-refractivity contribution in [3.8, 4) is 0 Å². The Morgan fingerprint density at radius 1 is 1.22 bits per heavy atom. The largest absolute Gasteiger partial charge is 0.322 e. The maximum Gasteiger partial charge on any atom is 0.257 e. The number of nitrogens with one attached hydrogen (secondary N) is 1. The van der Waals surface area contributed by atoms with Crippen molar-refractivity contribution in [2.45, 2.75) is 20.4 Å². The van der Waals surface area contributed by atoms with E-state index in [9.17, 15) is 9.18 Å². The number of hydrogen-bond donors (Lipinski definition) is 1. The van der Waals surface area contributed by atoms with Crippen LogP contribution in [0.5, 0.6) is 0 Å². The highest BCUT2D eigenvalue weighted by Gasteiger charge is 2.18. The first-order valence-corrected chi connectivity index (χ1v) is 9.34. The highest BCUT2D eigenvalue weighted by molar-refractivity contribution is 6.31. The van der Waals surface area contributed by atoms with Gasteiger partial charge in [0.2, 0.25) is 0 Å². The van der Waals surface area contributed by atoms with Crippen LogP contribution in [0.3, 0.4) is 0 Å². The number of hydrogen-bond acceptors (Lipinski definition) is 4. The van der Waals surface area contributed by atoms with Crippen molar-refractivity contribution in [2.75, 3.05) is 38.5 Å². The molecule has 0 unspecified atom stereocenters. The smallest absolute Gasteiger partial charge is 0.257 e. The molecule has 2 aromatic rings. The first kappa shape index (κ1) is 19.7. The molecular weight excluding hydrogens is 367 g/mol. The van der Waals surface area contributed by atoms with Gasteiger partial charge in [-0.3, -0.25) is 14.7 Å². The van der Waals surface area contributed by atoms with E-state index in [0.29, 0.717) is 28.5 Å². The summed E-state index contributed by atoms with van der Waals surface area (Å²) in [4.78, 5) is 21.2. The predicted molar refractivity (Wildman–Crippen MR) is 106 cm³/mol. The van der Waals surface area contributed by atoms with Gasteiger partial charge in [-0.05, 0) is 50.2 Å². The van der Waals surface area contributed by atoms with Gasteiger partial charge < -0.3 is 10.2 Å². The molecule has 0 atom stereocenters. The molecule has 0 aliphatic carbocycles. The Morgan fingerprint density at radius 2 is 1.93 bits per heavy atom. The Morgan fingerprint density at radius 3 is 2.59 bits per heavy atom. The number of carbonyl (C=O) groups excluding carboxylic acids is 1. The topological polar surface area (TPSA) is 48.5 Å². The molecule has 0 spiro atoms. The molecule has 1 aromatic heterocycles. The van der Waals surface area contributed by atoms with E-state index < -0.39 is 0 Å². The predicted octanol–water partition coefficient (Wildman–Crippen LogP) is 3.49. The SMILES string of the molecule is Cc1ncc(C(=O)Nc2cc(F)cc(CN3CCN(C)CC3)c2C)cc1Cl. The third kappa shape index (κ3) is 4.83. The third-order valence-electron chi connectivity index (χ3n) is 5.01. The highest BCUT2D eigenvalue weighted by Crippen LogP contribution is 2.24. The summed E-state index contributed by atoms with van der Waals surface area (Å²) in [6, 6.07) is 4.47. The van der Waals surface area contributed by atoms with Gasteiger partial charge in [-0.2, -0.15) is 0 Å². The van der Waals surface area contributed by atoms with Crippen molar-refractivity contribution in [2.24, 2.45) is 0 Å². The Labute approximate surface area is 164 Å². The summed E-state index contributed by atoms with van der Waals surface area (Å²) in [5, 5.41) is 3.22.